The van der Waals surface area contributed by atoms with Crippen LogP contribution in [0.15, 0.2) is 34.7 Å². The molecule has 102 valence electrons. The first kappa shape index (κ1) is 12.7. The van der Waals surface area contributed by atoms with Gasteiger partial charge in [0, 0.05) is 11.9 Å². The van der Waals surface area contributed by atoms with Crippen LogP contribution in [0.1, 0.15) is 31.6 Å². The lowest BCUT2D eigenvalue weighted by atomic mass is 10.2. The van der Waals surface area contributed by atoms with E-state index in [0.29, 0.717) is 6.04 Å². The quantitative estimate of drug-likeness (QED) is 0.893. The molecule has 0 bridgehead atoms. The topological polar surface area (TPSA) is 28.4 Å². The van der Waals surface area contributed by atoms with Gasteiger partial charge in [-0.1, -0.05) is 25.1 Å². The van der Waals surface area contributed by atoms with Gasteiger partial charge < -0.3 is 14.6 Å². The smallest absolute Gasteiger partial charge is 0.134 e. The van der Waals surface area contributed by atoms with Crippen molar-refractivity contribution < 1.29 is 4.42 Å². The van der Waals surface area contributed by atoms with Crippen molar-refractivity contribution in [2.45, 2.75) is 25.8 Å². The van der Waals surface area contributed by atoms with Crippen LogP contribution in [-0.4, -0.2) is 31.1 Å². The van der Waals surface area contributed by atoms with Gasteiger partial charge in [-0.2, -0.15) is 0 Å². The van der Waals surface area contributed by atoms with E-state index < -0.39 is 0 Å². The van der Waals surface area contributed by atoms with E-state index in [4.69, 9.17) is 4.42 Å². The molecule has 0 aliphatic carbocycles. The third-order valence-electron chi connectivity index (χ3n) is 3.88. The highest BCUT2D eigenvalue weighted by atomic mass is 16.3. The zero-order valence-electron chi connectivity index (χ0n) is 11.6. The van der Waals surface area contributed by atoms with Crippen LogP contribution >= 0.6 is 0 Å². The third kappa shape index (κ3) is 2.82. The van der Waals surface area contributed by atoms with Crippen LogP contribution < -0.4 is 5.32 Å². The fourth-order valence-electron chi connectivity index (χ4n) is 2.90. The second kappa shape index (κ2) is 5.76. The molecule has 1 N–H and O–H groups in total. The van der Waals surface area contributed by atoms with Crippen LogP contribution in [0.3, 0.4) is 0 Å². The molecule has 3 heteroatoms. The Balaban J connectivity index is 1.81. The zero-order chi connectivity index (χ0) is 13.1. The fraction of sp³-hybridized carbons (Fsp3) is 0.500. The molecule has 1 saturated heterocycles. The van der Waals surface area contributed by atoms with Crippen LogP contribution in [0.2, 0.25) is 0 Å². The van der Waals surface area contributed by atoms with Crippen molar-refractivity contribution in [1.82, 2.24) is 10.2 Å². The number of furan rings is 1. The van der Waals surface area contributed by atoms with Crippen molar-refractivity contribution in [3.05, 3.63) is 36.1 Å². The predicted octanol–water partition coefficient (Wildman–Crippen LogP) is 3.18. The number of likely N-dealkylation sites (N-methyl/N-ethyl adjacent to an activating group) is 1. The van der Waals surface area contributed by atoms with E-state index in [1.807, 2.05) is 12.1 Å². The second-order valence-corrected chi connectivity index (χ2v) is 5.30. The second-order valence-electron chi connectivity index (χ2n) is 5.30. The van der Waals surface area contributed by atoms with E-state index in [1.165, 1.54) is 31.3 Å². The van der Waals surface area contributed by atoms with Gasteiger partial charge in [0.1, 0.15) is 11.3 Å². The van der Waals surface area contributed by atoms with Crippen molar-refractivity contribution in [2.24, 2.45) is 0 Å². The Morgan fingerprint density at radius 1 is 1.26 bits per heavy atom. The minimum atomic E-state index is 0.301. The Morgan fingerprint density at radius 3 is 2.79 bits per heavy atom. The molecule has 1 atom stereocenters. The largest absolute Gasteiger partial charge is 0.459 e. The van der Waals surface area contributed by atoms with Crippen LogP contribution in [0.25, 0.3) is 11.0 Å². The predicted molar refractivity (Wildman–Crippen MR) is 78.3 cm³/mol. The van der Waals surface area contributed by atoms with Gasteiger partial charge in [0.25, 0.3) is 0 Å². The van der Waals surface area contributed by atoms with E-state index in [2.05, 4.69) is 35.3 Å². The first-order chi connectivity index (χ1) is 9.36. The van der Waals surface area contributed by atoms with Gasteiger partial charge >= 0.3 is 0 Å². The first-order valence-corrected chi connectivity index (χ1v) is 7.31. The third-order valence-corrected chi connectivity index (χ3v) is 3.88. The van der Waals surface area contributed by atoms with E-state index >= 15 is 0 Å². The summed E-state index contributed by atoms with van der Waals surface area (Å²) in [4.78, 5) is 2.53. The van der Waals surface area contributed by atoms with Crippen LogP contribution in [0.5, 0.6) is 0 Å². The molecule has 0 saturated carbocycles. The summed E-state index contributed by atoms with van der Waals surface area (Å²) in [7, 11) is 0. The average molecular weight is 258 g/mol. The maximum absolute atomic E-state index is 6.00. The first-order valence-electron chi connectivity index (χ1n) is 7.31. The van der Waals surface area contributed by atoms with Gasteiger partial charge in [0.2, 0.25) is 0 Å². The lowest BCUT2D eigenvalue weighted by molar-refractivity contribution is 0.276. The Labute approximate surface area is 114 Å². The minimum absolute atomic E-state index is 0.301. The Kier molecular flexibility index (Phi) is 3.85. The normalized spacial score (nSPS) is 18.2. The summed E-state index contributed by atoms with van der Waals surface area (Å²) in [6.45, 7) is 6.62. The monoisotopic (exact) mass is 258 g/mol. The Morgan fingerprint density at radius 2 is 2.05 bits per heavy atom. The molecular formula is C16H22N2O. The highest BCUT2D eigenvalue weighted by Crippen LogP contribution is 2.25. The van der Waals surface area contributed by atoms with Gasteiger partial charge in [-0.05, 0) is 44.6 Å². The summed E-state index contributed by atoms with van der Waals surface area (Å²) in [6.07, 6.45) is 2.66. The van der Waals surface area contributed by atoms with Crippen molar-refractivity contribution >= 4 is 11.0 Å². The molecule has 2 heterocycles. The van der Waals surface area contributed by atoms with Crippen molar-refractivity contribution in [3.63, 3.8) is 0 Å². The van der Waals surface area contributed by atoms with Gasteiger partial charge in [-0.3, -0.25) is 0 Å². The van der Waals surface area contributed by atoms with Gasteiger partial charge in [0.15, 0.2) is 0 Å². The molecule has 1 fully saturated rings. The van der Waals surface area contributed by atoms with Crippen LogP contribution in [0.4, 0.5) is 0 Å². The van der Waals surface area contributed by atoms with E-state index in [9.17, 15) is 0 Å². The summed E-state index contributed by atoms with van der Waals surface area (Å²) in [5.41, 5.74) is 0.988. The molecule has 3 rings (SSSR count). The highest BCUT2D eigenvalue weighted by Gasteiger charge is 2.21. The molecule has 0 amide bonds. The number of benzene rings is 1. The van der Waals surface area contributed by atoms with Crippen molar-refractivity contribution in [1.29, 1.82) is 0 Å². The average Bonchev–Trinajstić information content (AvgIpc) is 3.06. The minimum Gasteiger partial charge on any atom is -0.459 e. The van der Waals surface area contributed by atoms with Crippen LogP contribution in [-0.2, 0) is 0 Å². The zero-order valence-corrected chi connectivity index (χ0v) is 11.6. The number of hydrogen-bond acceptors (Lipinski definition) is 3. The van der Waals surface area contributed by atoms with Crippen molar-refractivity contribution in [2.75, 3.05) is 26.2 Å². The molecule has 0 spiro atoms. The van der Waals surface area contributed by atoms with E-state index in [-0.39, 0.29) is 0 Å². The molecule has 1 unspecified atom stereocenters. The Hall–Kier alpha value is -1.32. The lowest BCUT2D eigenvalue weighted by Crippen LogP contribution is -2.33. The molecular weight excluding hydrogens is 236 g/mol. The fourth-order valence-corrected chi connectivity index (χ4v) is 2.90. The molecule has 1 aromatic heterocycles. The van der Waals surface area contributed by atoms with E-state index in [1.54, 1.807) is 0 Å². The number of nitrogens with zero attached hydrogens (tertiary/aromatic N) is 1. The van der Waals surface area contributed by atoms with Gasteiger partial charge in [-0.25, -0.2) is 0 Å². The summed E-state index contributed by atoms with van der Waals surface area (Å²) in [5.74, 6) is 1.06. The summed E-state index contributed by atoms with van der Waals surface area (Å²) < 4.78 is 6.00. The highest BCUT2D eigenvalue weighted by molar-refractivity contribution is 5.77. The summed E-state index contributed by atoms with van der Waals surface area (Å²) in [5, 5.41) is 4.75. The lowest BCUT2D eigenvalue weighted by Gasteiger charge is -2.22. The van der Waals surface area contributed by atoms with Crippen LogP contribution in [0, 0.1) is 0 Å². The number of fused-ring (bicyclic) bond motifs is 1. The molecule has 2 aromatic rings. The molecule has 1 aliphatic heterocycles. The number of hydrogen-bond donors (Lipinski definition) is 1. The van der Waals surface area contributed by atoms with Crippen molar-refractivity contribution in [3.8, 4) is 0 Å². The van der Waals surface area contributed by atoms with Gasteiger partial charge in [0.05, 0.1) is 6.04 Å². The standard InChI is InChI=1S/C16H22N2O/c1-2-17-14(12-18-9-5-6-10-18)16-11-13-7-3-4-8-15(13)19-16/h3-4,7-8,11,14,17H,2,5-6,9-10,12H2,1H3. The van der Waals surface area contributed by atoms with Gasteiger partial charge in [-0.15, -0.1) is 0 Å². The SMILES string of the molecule is CCNC(CN1CCCC1)c1cc2ccccc2o1. The molecule has 1 aliphatic rings. The maximum atomic E-state index is 6.00. The molecule has 3 nitrogen and oxygen atoms in total. The summed E-state index contributed by atoms with van der Waals surface area (Å²) >= 11 is 0. The molecule has 0 radical (unpaired) electrons. The molecule has 1 aromatic carbocycles. The summed E-state index contributed by atoms with van der Waals surface area (Å²) in [6, 6.07) is 10.7. The number of likely N-dealkylation sites (tertiary alicyclic amines) is 1. The molecule has 19 heavy (non-hydrogen) atoms. The number of para-hydroxylation sites is 1. The maximum Gasteiger partial charge on any atom is 0.134 e. The Bertz CT molecular complexity index is 495. The number of rotatable bonds is 5. The number of nitrogens with one attached hydrogen (secondary N) is 1. The van der Waals surface area contributed by atoms with E-state index in [0.717, 1.165) is 24.4 Å².